The minimum atomic E-state index is -4.51. The highest BCUT2D eigenvalue weighted by atomic mass is 32.1. The van der Waals surface area contributed by atoms with E-state index in [0.29, 0.717) is 19.2 Å². The maximum atomic E-state index is 13.0. The summed E-state index contributed by atoms with van der Waals surface area (Å²) < 4.78 is 44.3. The molecule has 0 aliphatic heterocycles. The van der Waals surface area contributed by atoms with Crippen molar-refractivity contribution in [1.29, 1.82) is 0 Å². The molecule has 0 radical (unpaired) electrons. The number of nitrogens with zero attached hydrogens (tertiary/aromatic N) is 1. The van der Waals surface area contributed by atoms with Gasteiger partial charge in [-0.25, -0.2) is 0 Å². The van der Waals surface area contributed by atoms with Crippen LogP contribution in [0.25, 0.3) is 0 Å². The van der Waals surface area contributed by atoms with Crippen molar-refractivity contribution in [2.75, 3.05) is 20.2 Å². The third-order valence-electron chi connectivity index (χ3n) is 3.44. The smallest absolute Gasteiger partial charge is 0.417 e. The summed E-state index contributed by atoms with van der Waals surface area (Å²) in [6.07, 6.45) is -2.16. The van der Waals surface area contributed by atoms with E-state index in [1.807, 2.05) is 7.05 Å². The van der Waals surface area contributed by atoms with Gasteiger partial charge in [0, 0.05) is 18.2 Å². The second kappa shape index (κ2) is 6.19. The van der Waals surface area contributed by atoms with Crippen molar-refractivity contribution in [3.8, 4) is 5.75 Å². The molecule has 7 heteroatoms. The van der Waals surface area contributed by atoms with Crippen LogP contribution in [0.5, 0.6) is 5.75 Å². The van der Waals surface area contributed by atoms with Gasteiger partial charge in [0.15, 0.2) is 0 Å². The quantitative estimate of drug-likeness (QED) is 0.819. The lowest BCUT2D eigenvalue weighted by molar-refractivity contribution is -0.137. The zero-order valence-corrected chi connectivity index (χ0v) is 12.4. The van der Waals surface area contributed by atoms with E-state index in [1.165, 1.54) is 25.0 Å². The zero-order chi connectivity index (χ0) is 15.6. The summed E-state index contributed by atoms with van der Waals surface area (Å²) in [5.74, 6) is 0.173. The Labute approximate surface area is 126 Å². The first-order valence-corrected chi connectivity index (χ1v) is 7.04. The van der Waals surface area contributed by atoms with Gasteiger partial charge in [-0.2, -0.15) is 13.2 Å². The monoisotopic (exact) mass is 318 g/mol. The maximum absolute atomic E-state index is 13.0. The minimum absolute atomic E-state index is 0.173. The Kier molecular flexibility index (Phi) is 4.73. The van der Waals surface area contributed by atoms with Crippen LogP contribution >= 0.6 is 12.2 Å². The number of nitrogens with two attached hydrogens (primary N) is 1. The number of rotatable bonds is 6. The standard InChI is InChI=1S/C14H17F3N2OS/c1-19(9-2-3-9)6-7-20-10-4-5-11(13(18)21)12(8-10)14(15,16)17/h4-5,8-9H,2-3,6-7H2,1H3,(H2,18,21). The zero-order valence-electron chi connectivity index (χ0n) is 11.6. The van der Waals surface area contributed by atoms with Crippen LogP contribution in [0.3, 0.4) is 0 Å². The number of likely N-dealkylation sites (N-methyl/N-ethyl adjacent to an activating group) is 1. The molecule has 0 spiro atoms. The van der Waals surface area contributed by atoms with Crippen molar-refractivity contribution >= 4 is 17.2 Å². The van der Waals surface area contributed by atoms with Crippen LogP contribution < -0.4 is 10.5 Å². The number of thiocarbonyl (C=S) groups is 1. The van der Waals surface area contributed by atoms with Crippen LogP contribution in [-0.4, -0.2) is 36.1 Å². The Bertz CT molecular complexity index is 529. The topological polar surface area (TPSA) is 38.5 Å². The molecule has 1 fully saturated rings. The van der Waals surface area contributed by atoms with E-state index in [-0.39, 0.29) is 16.3 Å². The molecule has 2 N–H and O–H groups in total. The molecule has 1 aliphatic rings. The number of alkyl halides is 3. The molecule has 1 aromatic carbocycles. The fourth-order valence-electron chi connectivity index (χ4n) is 2.07. The van der Waals surface area contributed by atoms with Crippen molar-refractivity contribution in [3.05, 3.63) is 29.3 Å². The summed E-state index contributed by atoms with van der Waals surface area (Å²) in [5, 5.41) is 0. The summed E-state index contributed by atoms with van der Waals surface area (Å²) in [6.45, 7) is 1.03. The molecule has 1 saturated carbocycles. The van der Waals surface area contributed by atoms with Gasteiger partial charge in [-0.1, -0.05) is 12.2 Å². The summed E-state index contributed by atoms with van der Waals surface area (Å²) in [6, 6.07) is 4.26. The normalized spacial score (nSPS) is 15.3. The molecule has 0 atom stereocenters. The molecule has 0 aromatic heterocycles. The largest absolute Gasteiger partial charge is 0.492 e. The Morgan fingerprint density at radius 3 is 2.62 bits per heavy atom. The van der Waals surface area contributed by atoms with Crippen molar-refractivity contribution in [1.82, 2.24) is 4.90 Å². The van der Waals surface area contributed by atoms with Gasteiger partial charge in [-0.15, -0.1) is 0 Å². The number of benzene rings is 1. The van der Waals surface area contributed by atoms with Crippen LogP contribution in [0.4, 0.5) is 13.2 Å². The number of hydrogen-bond donors (Lipinski definition) is 1. The van der Waals surface area contributed by atoms with Crippen molar-refractivity contribution in [3.63, 3.8) is 0 Å². The van der Waals surface area contributed by atoms with Gasteiger partial charge < -0.3 is 15.4 Å². The number of ether oxygens (including phenoxy) is 1. The summed E-state index contributed by atoms with van der Waals surface area (Å²) in [4.78, 5) is 1.87. The van der Waals surface area contributed by atoms with E-state index in [0.717, 1.165) is 6.07 Å². The lowest BCUT2D eigenvalue weighted by Crippen LogP contribution is -2.26. The highest BCUT2D eigenvalue weighted by molar-refractivity contribution is 7.80. The molecular formula is C14H17F3N2OS. The van der Waals surface area contributed by atoms with Gasteiger partial charge >= 0.3 is 6.18 Å². The summed E-state index contributed by atoms with van der Waals surface area (Å²) >= 11 is 4.65. The van der Waals surface area contributed by atoms with Crippen molar-refractivity contribution in [2.45, 2.75) is 25.1 Å². The highest BCUT2D eigenvalue weighted by Gasteiger charge is 2.34. The molecule has 116 valence electrons. The molecule has 0 bridgehead atoms. The fourth-order valence-corrected chi connectivity index (χ4v) is 2.25. The Morgan fingerprint density at radius 1 is 1.43 bits per heavy atom. The van der Waals surface area contributed by atoms with Gasteiger partial charge in [0.05, 0.1) is 5.56 Å². The van der Waals surface area contributed by atoms with Gasteiger partial charge in [-0.3, -0.25) is 0 Å². The molecule has 1 aromatic rings. The molecule has 0 amide bonds. The molecule has 0 unspecified atom stereocenters. The van der Waals surface area contributed by atoms with Crippen LogP contribution in [0.15, 0.2) is 18.2 Å². The molecular weight excluding hydrogens is 301 g/mol. The average Bonchev–Trinajstić information content (AvgIpc) is 3.21. The van der Waals surface area contributed by atoms with Gasteiger partial charge in [0.25, 0.3) is 0 Å². The fraction of sp³-hybridized carbons (Fsp3) is 0.500. The van der Waals surface area contributed by atoms with Crippen LogP contribution in [0.1, 0.15) is 24.0 Å². The van der Waals surface area contributed by atoms with Crippen LogP contribution in [0.2, 0.25) is 0 Å². The third kappa shape index (κ3) is 4.31. The summed E-state index contributed by atoms with van der Waals surface area (Å²) in [7, 11) is 1.98. The molecule has 21 heavy (non-hydrogen) atoms. The molecule has 2 rings (SSSR count). The highest BCUT2D eigenvalue weighted by Crippen LogP contribution is 2.34. The van der Waals surface area contributed by atoms with Crippen LogP contribution in [-0.2, 0) is 6.18 Å². The van der Waals surface area contributed by atoms with E-state index in [9.17, 15) is 13.2 Å². The van der Waals surface area contributed by atoms with Crippen LogP contribution in [0, 0.1) is 0 Å². The predicted molar refractivity (Wildman–Crippen MR) is 78.5 cm³/mol. The van der Waals surface area contributed by atoms with Gasteiger partial charge in [0.1, 0.15) is 17.3 Å². The molecule has 1 aliphatic carbocycles. The number of halogens is 3. The molecule has 0 heterocycles. The first kappa shape index (κ1) is 16.0. The lowest BCUT2D eigenvalue weighted by atomic mass is 10.1. The van der Waals surface area contributed by atoms with E-state index in [1.54, 1.807) is 0 Å². The third-order valence-corrected chi connectivity index (χ3v) is 3.66. The minimum Gasteiger partial charge on any atom is -0.492 e. The second-order valence-corrected chi connectivity index (χ2v) is 5.57. The summed E-state index contributed by atoms with van der Waals surface area (Å²) in [5.41, 5.74) is 4.29. The number of hydrogen-bond acceptors (Lipinski definition) is 3. The predicted octanol–water partition coefficient (Wildman–Crippen LogP) is 2.81. The molecule has 3 nitrogen and oxygen atoms in total. The Hall–Kier alpha value is -1.34. The average molecular weight is 318 g/mol. The van der Waals surface area contributed by atoms with E-state index >= 15 is 0 Å². The van der Waals surface area contributed by atoms with E-state index in [4.69, 9.17) is 10.5 Å². The second-order valence-electron chi connectivity index (χ2n) is 5.13. The molecule has 0 saturated heterocycles. The lowest BCUT2D eigenvalue weighted by Gasteiger charge is -2.17. The first-order chi connectivity index (χ1) is 9.79. The van der Waals surface area contributed by atoms with E-state index in [2.05, 4.69) is 17.1 Å². The maximum Gasteiger partial charge on any atom is 0.417 e. The Morgan fingerprint density at radius 2 is 2.10 bits per heavy atom. The van der Waals surface area contributed by atoms with E-state index < -0.39 is 11.7 Å². The van der Waals surface area contributed by atoms with Crippen molar-refractivity contribution in [2.24, 2.45) is 5.73 Å². The van der Waals surface area contributed by atoms with Gasteiger partial charge in [-0.05, 0) is 38.1 Å². The Balaban J connectivity index is 2.04. The first-order valence-electron chi connectivity index (χ1n) is 6.63. The van der Waals surface area contributed by atoms with Gasteiger partial charge in [0.2, 0.25) is 0 Å². The SMILES string of the molecule is CN(CCOc1ccc(C(N)=S)c(C(F)(F)F)c1)C1CC1. The van der Waals surface area contributed by atoms with Crippen molar-refractivity contribution < 1.29 is 17.9 Å².